The average molecular weight is 461 g/mol. The number of carbonyl (C=O) groups is 2. The van der Waals surface area contributed by atoms with Crippen LogP contribution in [-0.2, 0) is 4.79 Å². The summed E-state index contributed by atoms with van der Waals surface area (Å²) >= 11 is 3.14. The maximum Gasteiger partial charge on any atom is 0.322 e. The minimum Gasteiger partial charge on any atom is -0.494 e. The molecule has 0 radical (unpaired) electrons. The van der Waals surface area contributed by atoms with Gasteiger partial charge in [-0.3, -0.25) is 14.9 Å². The number of hydrogen-bond acceptors (Lipinski definition) is 7. The van der Waals surface area contributed by atoms with Gasteiger partial charge < -0.3 is 18.5 Å². The summed E-state index contributed by atoms with van der Waals surface area (Å²) in [6.07, 6.45) is 0.244. The molecule has 0 saturated carbocycles. The van der Waals surface area contributed by atoms with Crippen LogP contribution in [0.1, 0.15) is 35.7 Å². The molecular weight excluding hydrogens is 444 g/mol. The molecule has 3 aromatic rings. The summed E-state index contributed by atoms with van der Waals surface area (Å²) in [6.45, 7) is 2.90. The first-order chi connectivity index (χ1) is 14.0. The Hall–Kier alpha value is -3.14. The van der Waals surface area contributed by atoms with E-state index in [1.165, 1.54) is 6.07 Å². The molecular formula is C19H17BrN4O5. The van der Waals surface area contributed by atoms with Crippen LogP contribution in [0, 0.1) is 0 Å². The van der Waals surface area contributed by atoms with Crippen LogP contribution >= 0.6 is 15.9 Å². The van der Waals surface area contributed by atoms with Gasteiger partial charge in [0.15, 0.2) is 10.4 Å². The third-order valence-electron chi connectivity index (χ3n) is 4.39. The molecule has 1 atom stereocenters. The number of aromatic nitrogens is 2. The minimum atomic E-state index is -0.510. The molecule has 29 heavy (non-hydrogen) atoms. The van der Waals surface area contributed by atoms with Crippen molar-refractivity contribution in [2.24, 2.45) is 0 Å². The number of anilines is 2. The largest absolute Gasteiger partial charge is 0.494 e. The number of carbonyl (C=O) groups excluding carboxylic acids is 2. The van der Waals surface area contributed by atoms with Crippen molar-refractivity contribution < 1.29 is 23.2 Å². The third kappa shape index (κ3) is 4.16. The fraction of sp³-hybridized carbons (Fsp3) is 0.263. The second kappa shape index (κ2) is 8.08. The summed E-state index contributed by atoms with van der Waals surface area (Å²) in [7, 11) is 0. The third-order valence-corrected chi connectivity index (χ3v) is 4.82. The first kappa shape index (κ1) is 19.2. The fourth-order valence-corrected chi connectivity index (χ4v) is 3.36. The molecule has 150 valence electrons. The van der Waals surface area contributed by atoms with Crippen molar-refractivity contribution in [1.29, 1.82) is 0 Å². The molecule has 3 heterocycles. The van der Waals surface area contributed by atoms with Gasteiger partial charge in [-0.15, -0.1) is 5.10 Å². The number of halogens is 1. The number of nitrogens with one attached hydrogen (secondary N) is 1. The lowest BCUT2D eigenvalue weighted by molar-refractivity contribution is -0.117. The van der Waals surface area contributed by atoms with Crippen molar-refractivity contribution in [3.05, 3.63) is 52.7 Å². The molecule has 10 heteroatoms. The van der Waals surface area contributed by atoms with Gasteiger partial charge in [-0.2, -0.15) is 0 Å². The van der Waals surface area contributed by atoms with Crippen molar-refractivity contribution in [3.63, 3.8) is 0 Å². The van der Waals surface area contributed by atoms with Crippen molar-refractivity contribution >= 4 is 39.4 Å². The fourth-order valence-electron chi connectivity index (χ4n) is 3.06. The van der Waals surface area contributed by atoms with Crippen LogP contribution in [0.15, 0.2) is 49.9 Å². The Balaban J connectivity index is 1.42. The second-order valence-corrected chi connectivity index (χ2v) is 7.12. The molecule has 2 aromatic heterocycles. The van der Waals surface area contributed by atoms with Crippen LogP contribution in [0.3, 0.4) is 0 Å². The monoisotopic (exact) mass is 460 g/mol. The van der Waals surface area contributed by atoms with Crippen LogP contribution in [-0.4, -0.2) is 35.2 Å². The Morgan fingerprint density at radius 3 is 2.72 bits per heavy atom. The number of furan rings is 1. The van der Waals surface area contributed by atoms with E-state index in [1.54, 1.807) is 11.0 Å². The SMILES string of the molecule is CCOc1ccc(N2C[C@@H](c3nnc(NC(=O)c4ccc(Br)o4)o3)CC2=O)cc1. The Morgan fingerprint density at radius 2 is 2.03 bits per heavy atom. The molecule has 0 aliphatic carbocycles. The van der Waals surface area contributed by atoms with E-state index in [2.05, 4.69) is 31.4 Å². The lowest BCUT2D eigenvalue weighted by atomic mass is 10.1. The molecule has 1 aliphatic rings. The van der Waals surface area contributed by atoms with E-state index in [4.69, 9.17) is 13.6 Å². The number of benzene rings is 1. The molecule has 9 nitrogen and oxygen atoms in total. The summed E-state index contributed by atoms with van der Waals surface area (Å²) in [5.41, 5.74) is 0.775. The van der Waals surface area contributed by atoms with Crippen molar-refractivity contribution in [1.82, 2.24) is 10.2 Å². The molecule has 4 rings (SSSR count). The number of amides is 2. The lowest BCUT2D eigenvalue weighted by Crippen LogP contribution is -2.24. The Bertz CT molecular complexity index is 1030. The average Bonchev–Trinajstić information content (AvgIpc) is 3.43. The Kier molecular flexibility index (Phi) is 5.34. The summed E-state index contributed by atoms with van der Waals surface area (Å²) < 4.78 is 16.6. The van der Waals surface area contributed by atoms with E-state index in [-0.39, 0.29) is 30.0 Å². The predicted molar refractivity (Wildman–Crippen MR) is 106 cm³/mol. The lowest BCUT2D eigenvalue weighted by Gasteiger charge is -2.16. The standard InChI is InChI=1S/C19H17BrN4O5/c1-2-27-13-5-3-12(4-6-13)24-10-11(9-16(24)25)18-22-23-19(29-18)21-17(26)14-7-8-15(20)28-14/h3-8,11H,2,9-10H2,1H3,(H,21,23,26)/t11-/m0/s1. The van der Waals surface area contributed by atoms with Gasteiger partial charge in [0.25, 0.3) is 5.91 Å². The zero-order chi connectivity index (χ0) is 20.4. The van der Waals surface area contributed by atoms with E-state index < -0.39 is 5.91 Å². The van der Waals surface area contributed by atoms with Gasteiger partial charge in [0.05, 0.1) is 12.5 Å². The van der Waals surface area contributed by atoms with Crippen LogP contribution in [0.25, 0.3) is 0 Å². The van der Waals surface area contributed by atoms with E-state index in [1.807, 2.05) is 31.2 Å². The van der Waals surface area contributed by atoms with Crippen LogP contribution in [0.4, 0.5) is 11.7 Å². The van der Waals surface area contributed by atoms with Crippen molar-refractivity contribution in [2.45, 2.75) is 19.3 Å². The summed E-state index contributed by atoms with van der Waals surface area (Å²) in [6, 6.07) is 10.4. The van der Waals surface area contributed by atoms with Gasteiger partial charge >= 0.3 is 6.01 Å². The van der Waals surface area contributed by atoms with Crippen LogP contribution < -0.4 is 15.0 Å². The van der Waals surface area contributed by atoms with E-state index in [0.29, 0.717) is 23.7 Å². The first-order valence-corrected chi connectivity index (χ1v) is 9.76. The predicted octanol–water partition coefficient (Wildman–Crippen LogP) is 3.60. The number of nitrogens with zero attached hydrogens (tertiary/aromatic N) is 3. The topological polar surface area (TPSA) is 111 Å². The van der Waals surface area contributed by atoms with Gasteiger partial charge in [0, 0.05) is 18.7 Å². The highest BCUT2D eigenvalue weighted by molar-refractivity contribution is 9.10. The van der Waals surface area contributed by atoms with E-state index >= 15 is 0 Å². The van der Waals surface area contributed by atoms with Crippen LogP contribution in [0.2, 0.25) is 0 Å². The molecule has 0 unspecified atom stereocenters. The van der Waals surface area contributed by atoms with Gasteiger partial charge in [0.2, 0.25) is 11.8 Å². The van der Waals surface area contributed by atoms with E-state index in [0.717, 1.165) is 11.4 Å². The van der Waals surface area contributed by atoms with Gasteiger partial charge in [-0.25, -0.2) is 0 Å². The molecule has 0 bridgehead atoms. The highest BCUT2D eigenvalue weighted by Crippen LogP contribution is 2.32. The molecule has 2 amide bonds. The molecule has 1 aliphatic heterocycles. The molecule has 0 spiro atoms. The molecule has 1 N–H and O–H groups in total. The Morgan fingerprint density at radius 1 is 1.24 bits per heavy atom. The quantitative estimate of drug-likeness (QED) is 0.597. The number of hydrogen-bond donors (Lipinski definition) is 1. The van der Waals surface area contributed by atoms with Crippen LogP contribution in [0.5, 0.6) is 5.75 Å². The highest BCUT2D eigenvalue weighted by atomic mass is 79.9. The number of ether oxygens (including phenoxy) is 1. The van der Waals surface area contributed by atoms with Gasteiger partial charge in [-0.1, -0.05) is 5.10 Å². The maximum atomic E-state index is 12.5. The van der Waals surface area contributed by atoms with E-state index in [9.17, 15) is 9.59 Å². The van der Waals surface area contributed by atoms with Crippen molar-refractivity contribution in [2.75, 3.05) is 23.4 Å². The second-order valence-electron chi connectivity index (χ2n) is 6.34. The Labute approximate surface area is 174 Å². The molecule has 1 fully saturated rings. The van der Waals surface area contributed by atoms with Crippen molar-refractivity contribution in [3.8, 4) is 5.75 Å². The minimum absolute atomic E-state index is 0.0385. The summed E-state index contributed by atoms with van der Waals surface area (Å²) in [5.74, 6) is 0.343. The molecule has 1 saturated heterocycles. The van der Waals surface area contributed by atoms with Gasteiger partial charge in [0.1, 0.15) is 5.75 Å². The highest BCUT2D eigenvalue weighted by Gasteiger charge is 2.35. The summed E-state index contributed by atoms with van der Waals surface area (Å²) in [4.78, 5) is 26.2. The zero-order valence-electron chi connectivity index (χ0n) is 15.4. The number of rotatable bonds is 6. The summed E-state index contributed by atoms with van der Waals surface area (Å²) in [5, 5.41) is 10.3. The smallest absolute Gasteiger partial charge is 0.322 e. The maximum absolute atomic E-state index is 12.5. The van der Waals surface area contributed by atoms with Gasteiger partial charge in [-0.05, 0) is 59.3 Å². The normalized spacial score (nSPS) is 16.3. The first-order valence-electron chi connectivity index (χ1n) is 8.97. The molecule has 1 aromatic carbocycles. The zero-order valence-corrected chi connectivity index (χ0v) is 17.0.